The van der Waals surface area contributed by atoms with Gasteiger partial charge < -0.3 is 31.3 Å². The molecule has 1 atom stereocenters. The second-order valence-corrected chi connectivity index (χ2v) is 11.4. The van der Waals surface area contributed by atoms with E-state index >= 15 is 0 Å². The largest absolute Gasteiger partial charge is 0.490 e. The highest BCUT2D eigenvalue weighted by Crippen LogP contribution is 2.23. The molecule has 1 aliphatic rings. The molecule has 0 aliphatic carbocycles. The van der Waals surface area contributed by atoms with Gasteiger partial charge in [0.25, 0.3) is 0 Å². The summed E-state index contributed by atoms with van der Waals surface area (Å²) in [5, 5.41) is 16.2. The Morgan fingerprint density at radius 1 is 1.00 bits per heavy atom. The van der Waals surface area contributed by atoms with E-state index in [-0.39, 0.29) is 18.4 Å². The predicted molar refractivity (Wildman–Crippen MR) is 165 cm³/mol. The number of amides is 2. The Morgan fingerprint density at radius 2 is 1.66 bits per heavy atom. The fraction of sp³-hybridized carbons (Fsp3) is 0.367. The Kier molecular flexibility index (Phi) is 13.5. The summed E-state index contributed by atoms with van der Waals surface area (Å²) in [7, 11) is 0. The minimum atomic E-state index is -5.08. The SMILES string of the molecule is NCC(=O)N[C@H](Cc1ccc(Cl)cc1)C(=O)N1CCN(c2ccccc2CNCCc2cccs2)CC1.O=C(O)C(F)(F)F. The van der Waals surface area contributed by atoms with Crippen LogP contribution in [0.15, 0.2) is 66.0 Å². The second-order valence-electron chi connectivity index (χ2n) is 9.90. The van der Waals surface area contributed by atoms with Crippen molar-refractivity contribution < 1.29 is 32.7 Å². The minimum absolute atomic E-state index is 0.0834. The van der Waals surface area contributed by atoms with Crippen molar-refractivity contribution in [3.8, 4) is 0 Å². The molecule has 3 aromatic rings. The molecule has 2 aromatic carbocycles. The third-order valence-electron chi connectivity index (χ3n) is 6.78. The molecule has 0 bridgehead atoms. The molecule has 44 heavy (non-hydrogen) atoms. The molecule has 1 saturated heterocycles. The quantitative estimate of drug-likeness (QED) is 0.233. The molecule has 4 rings (SSSR count). The smallest absolute Gasteiger partial charge is 0.475 e. The highest BCUT2D eigenvalue weighted by atomic mass is 35.5. The van der Waals surface area contributed by atoms with Crippen molar-refractivity contribution in [2.24, 2.45) is 5.73 Å². The highest BCUT2D eigenvalue weighted by molar-refractivity contribution is 7.09. The summed E-state index contributed by atoms with van der Waals surface area (Å²) < 4.78 is 31.7. The number of nitrogens with two attached hydrogens (primary N) is 1. The van der Waals surface area contributed by atoms with Gasteiger partial charge in [-0.05, 0) is 47.2 Å². The molecular formula is C30H35ClF3N5O4S. The Hall–Kier alpha value is -3.65. The molecule has 2 amide bonds. The van der Waals surface area contributed by atoms with Crippen LogP contribution < -0.4 is 21.3 Å². The van der Waals surface area contributed by atoms with Gasteiger partial charge in [-0.25, -0.2) is 4.79 Å². The van der Waals surface area contributed by atoms with Crippen LogP contribution in [0.25, 0.3) is 0 Å². The van der Waals surface area contributed by atoms with Crippen LogP contribution in [0.1, 0.15) is 16.0 Å². The number of halogens is 4. The van der Waals surface area contributed by atoms with E-state index in [1.807, 2.05) is 17.0 Å². The number of carboxylic acid groups (broad SMARTS) is 1. The van der Waals surface area contributed by atoms with Gasteiger partial charge in [-0.1, -0.05) is 48.0 Å². The first-order valence-corrected chi connectivity index (χ1v) is 15.1. The second kappa shape index (κ2) is 17.0. The van der Waals surface area contributed by atoms with Crippen molar-refractivity contribution in [2.45, 2.75) is 31.6 Å². The lowest BCUT2D eigenvalue weighted by Gasteiger charge is -2.38. The number of aliphatic carboxylic acids is 1. The molecule has 1 fully saturated rings. The average molecular weight is 654 g/mol. The molecule has 0 unspecified atom stereocenters. The maximum absolute atomic E-state index is 13.4. The number of hydrogen-bond acceptors (Lipinski definition) is 7. The van der Waals surface area contributed by atoms with Gasteiger partial charge in [0.15, 0.2) is 0 Å². The summed E-state index contributed by atoms with van der Waals surface area (Å²) in [6.07, 6.45) is -3.67. The number of thiophene rings is 1. The van der Waals surface area contributed by atoms with E-state index in [0.717, 1.165) is 38.2 Å². The Morgan fingerprint density at radius 3 is 2.25 bits per heavy atom. The standard InChI is InChI=1S/C28H34ClN5O2S.C2HF3O2/c29-23-9-7-21(8-10-23)18-25(32-27(35)19-30)28(36)34-15-13-33(14-16-34)26-6-2-1-4-22(26)20-31-12-11-24-5-3-17-37-24;3-2(4,5)1(6)7/h1-10,17,25,31H,11-16,18-20,30H2,(H,32,35);(H,6,7)/t25-;/m1./s1. The summed E-state index contributed by atoms with van der Waals surface area (Å²) in [4.78, 5) is 39.9. The number of para-hydroxylation sites is 1. The fourth-order valence-electron chi connectivity index (χ4n) is 4.56. The zero-order valence-corrected chi connectivity index (χ0v) is 25.4. The molecule has 14 heteroatoms. The molecule has 1 aromatic heterocycles. The van der Waals surface area contributed by atoms with E-state index < -0.39 is 18.2 Å². The predicted octanol–water partition coefficient (Wildman–Crippen LogP) is 3.70. The Bertz CT molecular complexity index is 1350. The number of benzene rings is 2. The number of piperazine rings is 1. The monoisotopic (exact) mass is 653 g/mol. The lowest BCUT2D eigenvalue weighted by molar-refractivity contribution is -0.192. The number of rotatable bonds is 11. The molecular weight excluding hydrogens is 619 g/mol. The summed E-state index contributed by atoms with van der Waals surface area (Å²) >= 11 is 7.79. The van der Waals surface area contributed by atoms with Gasteiger partial charge >= 0.3 is 12.1 Å². The van der Waals surface area contributed by atoms with Gasteiger partial charge in [0, 0.05) is 61.3 Å². The zero-order valence-electron chi connectivity index (χ0n) is 23.9. The van der Waals surface area contributed by atoms with Crippen LogP contribution in [0.5, 0.6) is 0 Å². The first-order valence-electron chi connectivity index (χ1n) is 13.9. The molecule has 0 saturated carbocycles. The van der Waals surface area contributed by atoms with Crippen molar-refractivity contribution in [1.29, 1.82) is 0 Å². The van der Waals surface area contributed by atoms with Crippen LogP contribution >= 0.6 is 22.9 Å². The number of nitrogens with zero attached hydrogens (tertiary/aromatic N) is 2. The molecule has 5 N–H and O–H groups in total. The van der Waals surface area contributed by atoms with Gasteiger partial charge in [-0.3, -0.25) is 9.59 Å². The molecule has 2 heterocycles. The van der Waals surface area contributed by atoms with E-state index in [0.29, 0.717) is 24.5 Å². The number of carboxylic acids is 1. The average Bonchev–Trinajstić information content (AvgIpc) is 3.53. The summed E-state index contributed by atoms with van der Waals surface area (Å²) in [6.45, 7) is 4.22. The minimum Gasteiger partial charge on any atom is -0.475 e. The van der Waals surface area contributed by atoms with Crippen molar-refractivity contribution in [3.05, 3.63) is 87.1 Å². The van der Waals surface area contributed by atoms with E-state index in [1.54, 1.807) is 23.5 Å². The van der Waals surface area contributed by atoms with Crippen molar-refractivity contribution >= 4 is 46.4 Å². The molecule has 1 aliphatic heterocycles. The lowest BCUT2D eigenvalue weighted by atomic mass is 10.0. The number of carbonyl (C=O) groups is 3. The third-order valence-corrected chi connectivity index (χ3v) is 7.97. The van der Waals surface area contributed by atoms with Gasteiger partial charge in [0.1, 0.15) is 6.04 Å². The van der Waals surface area contributed by atoms with Crippen LogP contribution in [0.2, 0.25) is 5.02 Å². The summed E-state index contributed by atoms with van der Waals surface area (Å²) in [5.41, 5.74) is 8.90. The van der Waals surface area contributed by atoms with Gasteiger partial charge in [0.05, 0.1) is 6.54 Å². The van der Waals surface area contributed by atoms with E-state index in [9.17, 15) is 22.8 Å². The van der Waals surface area contributed by atoms with E-state index in [1.165, 1.54) is 16.1 Å². The number of carbonyl (C=O) groups excluding carboxylic acids is 2. The van der Waals surface area contributed by atoms with Crippen molar-refractivity contribution in [2.75, 3.05) is 44.2 Å². The summed E-state index contributed by atoms with van der Waals surface area (Å²) in [5.74, 6) is -3.18. The van der Waals surface area contributed by atoms with Crippen molar-refractivity contribution in [1.82, 2.24) is 15.5 Å². The number of alkyl halides is 3. The van der Waals surface area contributed by atoms with Crippen LogP contribution in [0, 0.1) is 0 Å². The van der Waals surface area contributed by atoms with Crippen LogP contribution in [-0.4, -0.2) is 79.3 Å². The third kappa shape index (κ3) is 11.1. The number of anilines is 1. The zero-order chi connectivity index (χ0) is 32.1. The van der Waals surface area contributed by atoms with Crippen molar-refractivity contribution in [3.63, 3.8) is 0 Å². The lowest BCUT2D eigenvalue weighted by Crippen LogP contribution is -2.56. The number of hydrogen-bond donors (Lipinski definition) is 4. The maximum Gasteiger partial charge on any atom is 0.490 e. The van der Waals surface area contributed by atoms with E-state index in [2.05, 4.69) is 57.3 Å². The summed E-state index contributed by atoms with van der Waals surface area (Å²) in [6, 6.07) is 19.4. The van der Waals surface area contributed by atoms with Gasteiger partial charge in [-0.15, -0.1) is 11.3 Å². The van der Waals surface area contributed by atoms with Gasteiger partial charge in [0.2, 0.25) is 11.8 Å². The Balaban J connectivity index is 0.000000676. The fourth-order valence-corrected chi connectivity index (χ4v) is 5.39. The normalized spacial score (nSPS) is 13.9. The number of nitrogens with one attached hydrogen (secondary N) is 2. The first-order chi connectivity index (χ1) is 21.0. The molecule has 9 nitrogen and oxygen atoms in total. The topological polar surface area (TPSA) is 128 Å². The molecule has 0 radical (unpaired) electrons. The van der Waals surface area contributed by atoms with Gasteiger partial charge in [-0.2, -0.15) is 13.2 Å². The van der Waals surface area contributed by atoms with E-state index in [4.69, 9.17) is 27.2 Å². The Labute approximate surface area is 262 Å². The molecule has 238 valence electrons. The highest BCUT2D eigenvalue weighted by Gasteiger charge is 2.38. The first kappa shape index (κ1) is 34.8. The van der Waals surface area contributed by atoms with Crippen LogP contribution in [0.4, 0.5) is 18.9 Å². The maximum atomic E-state index is 13.4. The molecule has 0 spiro atoms. The van der Waals surface area contributed by atoms with Crippen LogP contribution in [0.3, 0.4) is 0 Å². The van der Waals surface area contributed by atoms with Crippen LogP contribution in [-0.2, 0) is 33.8 Å².